The summed E-state index contributed by atoms with van der Waals surface area (Å²) in [6.07, 6.45) is 9.51. The molecular weight excluding hydrogens is 454 g/mol. The molecule has 5 heterocycles. The molecular formula is C27H31N7O2. The highest BCUT2D eigenvalue weighted by molar-refractivity contribution is 5.94. The van der Waals surface area contributed by atoms with Crippen molar-refractivity contribution >= 4 is 34.8 Å². The number of nitrogens with one attached hydrogen (secondary N) is 1. The van der Waals surface area contributed by atoms with Crippen molar-refractivity contribution in [2.75, 3.05) is 51.2 Å². The summed E-state index contributed by atoms with van der Waals surface area (Å²) in [7, 11) is 2.14. The van der Waals surface area contributed by atoms with Crippen molar-refractivity contribution in [2.24, 2.45) is 0 Å². The molecule has 3 aromatic heterocycles. The molecule has 2 saturated heterocycles. The number of hydrogen-bond acceptors (Lipinski definition) is 7. The number of likely N-dealkylation sites (tertiary alicyclic amines) is 1. The number of anilines is 1. The zero-order chi connectivity index (χ0) is 25.2. The second-order valence-corrected chi connectivity index (χ2v) is 9.44. The van der Waals surface area contributed by atoms with Crippen LogP contribution in [-0.2, 0) is 0 Å². The Kier molecular flexibility index (Phi) is 6.65. The summed E-state index contributed by atoms with van der Waals surface area (Å²) in [4.78, 5) is 49.3. The third kappa shape index (κ3) is 4.42. The molecule has 2 fully saturated rings. The lowest BCUT2D eigenvalue weighted by Crippen LogP contribution is -2.44. The van der Waals surface area contributed by atoms with Crippen LogP contribution in [0, 0.1) is 0 Å². The van der Waals surface area contributed by atoms with Gasteiger partial charge in [0.2, 0.25) is 5.43 Å². The first kappa shape index (κ1) is 23.9. The Morgan fingerprint density at radius 1 is 1.06 bits per heavy atom. The molecule has 1 amide bonds. The van der Waals surface area contributed by atoms with Crippen molar-refractivity contribution in [1.82, 2.24) is 29.7 Å². The lowest BCUT2D eigenvalue weighted by atomic mass is 9.92. The molecule has 0 radical (unpaired) electrons. The molecule has 0 spiro atoms. The van der Waals surface area contributed by atoms with Gasteiger partial charge < -0.3 is 19.7 Å². The summed E-state index contributed by atoms with van der Waals surface area (Å²) < 4.78 is 0. The van der Waals surface area contributed by atoms with E-state index in [1.54, 1.807) is 17.3 Å². The standard InChI is InChI=1S/C27H31N7O2/c1-4-20-22(5-2)28-16-21(26(20)35)27(36)34-8-6-18(7-9-34)24-25-23(30-17-31-24)14-19(15-29-25)33-12-10-32(3)11-13-33/h4-5,14-18H,1-2,6-13H2,3H3,(H,28,35). The van der Waals surface area contributed by atoms with Gasteiger partial charge in [0.05, 0.1) is 23.1 Å². The van der Waals surface area contributed by atoms with E-state index in [0.717, 1.165) is 61.4 Å². The van der Waals surface area contributed by atoms with Crippen LogP contribution in [0.3, 0.4) is 0 Å². The smallest absolute Gasteiger partial charge is 0.259 e. The van der Waals surface area contributed by atoms with E-state index in [1.807, 2.05) is 6.20 Å². The number of fused-ring (bicyclic) bond motifs is 1. The Bertz CT molecular complexity index is 1370. The van der Waals surface area contributed by atoms with Crippen LogP contribution in [0.2, 0.25) is 0 Å². The number of carbonyl (C=O) groups is 1. The highest BCUT2D eigenvalue weighted by Crippen LogP contribution is 2.31. The topological polar surface area (TPSA) is 98.3 Å². The zero-order valence-corrected chi connectivity index (χ0v) is 20.6. The highest BCUT2D eigenvalue weighted by Gasteiger charge is 2.29. The van der Waals surface area contributed by atoms with Gasteiger partial charge >= 0.3 is 0 Å². The molecule has 5 rings (SSSR count). The van der Waals surface area contributed by atoms with Crippen LogP contribution in [0.4, 0.5) is 5.69 Å². The fourth-order valence-electron chi connectivity index (χ4n) is 5.11. The van der Waals surface area contributed by atoms with Crippen LogP contribution in [0.15, 0.2) is 42.7 Å². The van der Waals surface area contributed by atoms with Crippen molar-refractivity contribution in [2.45, 2.75) is 18.8 Å². The summed E-state index contributed by atoms with van der Waals surface area (Å²) in [6, 6.07) is 2.11. The van der Waals surface area contributed by atoms with E-state index < -0.39 is 0 Å². The van der Waals surface area contributed by atoms with Crippen LogP contribution < -0.4 is 10.3 Å². The summed E-state index contributed by atoms with van der Waals surface area (Å²) >= 11 is 0. The van der Waals surface area contributed by atoms with E-state index in [9.17, 15) is 9.59 Å². The number of H-pyrrole nitrogens is 1. The van der Waals surface area contributed by atoms with E-state index in [1.165, 1.54) is 12.3 Å². The second-order valence-electron chi connectivity index (χ2n) is 9.44. The first-order valence-corrected chi connectivity index (χ1v) is 12.3. The maximum Gasteiger partial charge on any atom is 0.259 e. The van der Waals surface area contributed by atoms with Gasteiger partial charge in [-0.2, -0.15) is 0 Å². The van der Waals surface area contributed by atoms with E-state index in [2.05, 4.69) is 51.0 Å². The lowest BCUT2D eigenvalue weighted by molar-refractivity contribution is 0.0710. The molecule has 2 aliphatic rings. The first-order valence-electron chi connectivity index (χ1n) is 12.3. The molecule has 2 aliphatic heterocycles. The normalized spacial score (nSPS) is 17.4. The minimum atomic E-state index is -0.326. The molecule has 186 valence electrons. The van der Waals surface area contributed by atoms with Gasteiger partial charge in [0.15, 0.2) is 0 Å². The number of aromatic amines is 1. The predicted octanol–water partition coefficient (Wildman–Crippen LogP) is 2.77. The number of likely N-dealkylation sites (N-methyl/N-ethyl adjacent to an activating group) is 1. The number of piperidine rings is 1. The number of hydrogen-bond donors (Lipinski definition) is 1. The molecule has 1 N–H and O–H groups in total. The number of rotatable bonds is 5. The number of aromatic nitrogens is 4. The molecule has 0 atom stereocenters. The van der Waals surface area contributed by atoms with Gasteiger partial charge in [0.25, 0.3) is 5.91 Å². The van der Waals surface area contributed by atoms with Gasteiger partial charge in [-0.15, -0.1) is 0 Å². The van der Waals surface area contributed by atoms with E-state index in [0.29, 0.717) is 24.3 Å². The Balaban J connectivity index is 1.31. The minimum Gasteiger partial charge on any atom is -0.368 e. The number of amides is 1. The summed E-state index contributed by atoms with van der Waals surface area (Å²) in [5.41, 5.74) is 4.41. The van der Waals surface area contributed by atoms with E-state index in [4.69, 9.17) is 4.98 Å². The van der Waals surface area contributed by atoms with E-state index in [-0.39, 0.29) is 22.8 Å². The van der Waals surface area contributed by atoms with Crippen molar-refractivity contribution in [3.05, 3.63) is 70.7 Å². The minimum absolute atomic E-state index is 0.125. The van der Waals surface area contributed by atoms with Gasteiger partial charge in [-0.05, 0) is 32.0 Å². The molecule has 0 unspecified atom stereocenters. The number of piperazine rings is 1. The fourth-order valence-corrected chi connectivity index (χ4v) is 5.11. The third-order valence-corrected chi connectivity index (χ3v) is 7.32. The summed E-state index contributed by atoms with van der Waals surface area (Å²) in [5.74, 6) is -0.0948. The first-order chi connectivity index (χ1) is 17.5. The third-order valence-electron chi connectivity index (χ3n) is 7.32. The van der Waals surface area contributed by atoms with Crippen molar-refractivity contribution < 1.29 is 4.79 Å². The maximum absolute atomic E-state index is 13.2. The van der Waals surface area contributed by atoms with Crippen LogP contribution in [0.25, 0.3) is 23.2 Å². The number of pyridine rings is 2. The molecule has 9 nitrogen and oxygen atoms in total. The fraction of sp³-hybridized carbons (Fsp3) is 0.370. The van der Waals surface area contributed by atoms with Crippen LogP contribution in [0.5, 0.6) is 0 Å². The Morgan fingerprint density at radius 3 is 2.50 bits per heavy atom. The lowest BCUT2D eigenvalue weighted by Gasteiger charge is -2.34. The quantitative estimate of drug-likeness (QED) is 0.593. The second kappa shape index (κ2) is 10.0. The molecule has 0 aromatic carbocycles. The van der Waals surface area contributed by atoms with Crippen molar-refractivity contribution in [3.63, 3.8) is 0 Å². The maximum atomic E-state index is 13.2. The molecule has 36 heavy (non-hydrogen) atoms. The monoisotopic (exact) mass is 485 g/mol. The summed E-state index contributed by atoms with van der Waals surface area (Å²) in [5, 5.41) is 0. The molecule has 9 heteroatoms. The van der Waals surface area contributed by atoms with Gasteiger partial charge in [-0.3, -0.25) is 14.6 Å². The van der Waals surface area contributed by atoms with E-state index >= 15 is 0 Å². The van der Waals surface area contributed by atoms with Crippen molar-refractivity contribution in [3.8, 4) is 0 Å². The Morgan fingerprint density at radius 2 is 1.81 bits per heavy atom. The van der Waals surface area contributed by atoms with Gasteiger partial charge in [-0.25, -0.2) is 9.97 Å². The Hall–Kier alpha value is -3.85. The van der Waals surface area contributed by atoms with Gasteiger partial charge in [-0.1, -0.05) is 19.2 Å². The largest absolute Gasteiger partial charge is 0.368 e. The van der Waals surface area contributed by atoms with Crippen LogP contribution in [-0.4, -0.2) is 82.0 Å². The van der Waals surface area contributed by atoms with Gasteiger partial charge in [0, 0.05) is 62.6 Å². The van der Waals surface area contributed by atoms with Gasteiger partial charge in [0.1, 0.15) is 17.4 Å². The van der Waals surface area contributed by atoms with Crippen molar-refractivity contribution in [1.29, 1.82) is 0 Å². The molecule has 3 aromatic rings. The molecule has 0 saturated carbocycles. The highest BCUT2D eigenvalue weighted by atomic mass is 16.2. The number of nitrogens with zero attached hydrogens (tertiary/aromatic N) is 6. The van der Waals surface area contributed by atoms with Crippen LogP contribution in [0.1, 0.15) is 46.1 Å². The SMILES string of the molecule is C=Cc1[nH]cc(C(=O)N2CCC(c3ncnc4cc(N5CCN(C)CC5)cnc34)CC2)c(=O)c1C=C. The Labute approximate surface area is 210 Å². The average Bonchev–Trinajstić information content (AvgIpc) is 2.92. The van der Waals surface area contributed by atoms with Crippen LogP contribution >= 0.6 is 0 Å². The zero-order valence-electron chi connectivity index (χ0n) is 20.6. The number of carbonyl (C=O) groups excluding carboxylic acids is 1. The molecule has 0 aliphatic carbocycles. The summed E-state index contributed by atoms with van der Waals surface area (Å²) in [6.45, 7) is 12.5. The molecule has 0 bridgehead atoms. The predicted molar refractivity (Wildman–Crippen MR) is 142 cm³/mol. The average molecular weight is 486 g/mol.